The van der Waals surface area contributed by atoms with E-state index >= 15 is 0 Å². The highest BCUT2D eigenvalue weighted by atomic mass is 32.2. The Kier molecular flexibility index (Phi) is 5.21. The van der Waals surface area contributed by atoms with Crippen molar-refractivity contribution in [2.75, 3.05) is 6.79 Å². The van der Waals surface area contributed by atoms with E-state index in [1.807, 2.05) is 30.3 Å². The number of rotatable bonds is 5. The molecule has 1 aliphatic rings. The molecule has 2 aromatic carbocycles. The van der Waals surface area contributed by atoms with Crippen LogP contribution in [0.3, 0.4) is 0 Å². The summed E-state index contributed by atoms with van der Waals surface area (Å²) >= 11 is 8.29. The Hall–Kier alpha value is -2.27. The molecule has 7 nitrogen and oxygen atoms in total. The van der Waals surface area contributed by atoms with Gasteiger partial charge in [0.15, 0.2) is 15.1 Å². The molecule has 1 aromatic heterocycles. The van der Waals surface area contributed by atoms with Crippen LogP contribution in [0.5, 0.6) is 5.75 Å². The van der Waals surface area contributed by atoms with E-state index in [2.05, 4.69) is 5.10 Å². The molecule has 0 fully saturated rings. The fourth-order valence-corrected chi connectivity index (χ4v) is 5.01. The highest BCUT2D eigenvalue weighted by Gasteiger charge is 2.21. The number of hydrogen-bond acceptors (Lipinski definition) is 8. The van der Waals surface area contributed by atoms with E-state index in [4.69, 9.17) is 21.7 Å². The molecular formula is C17H13N3O4S3. The summed E-state index contributed by atoms with van der Waals surface area (Å²) in [6.45, 7) is 0.445. The summed E-state index contributed by atoms with van der Waals surface area (Å²) < 4.78 is 14.0. The predicted molar refractivity (Wildman–Crippen MR) is 105 cm³/mol. The topological polar surface area (TPSA) is 79.4 Å². The van der Waals surface area contributed by atoms with Gasteiger partial charge in [-0.1, -0.05) is 41.3 Å². The zero-order valence-corrected chi connectivity index (χ0v) is 16.3. The summed E-state index contributed by atoms with van der Waals surface area (Å²) in [5.74, 6) is 1.15. The molecule has 0 radical (unpaired) electrons. The van der Waals surface area contributed by atoms with E-state index in [-0.39, 0.29) is 12.5 Å². The first kappa shape index (κ1) is 18.1. The quantitative estimate of drug-likeness (QED) is 0.256. The van der Waals surface area contributed by atoms with E-state index in [1.165, 1.54) is 29.2 Å². The van der Waals surface area contributed by atoms with Gasteiger partial charge >= 0.3 is 0 Å². The number of ether oxygens (including phenoxy) is 2. The van der Waals surface area contributed by atoms with Crippen molar-refractivity contribution in [1.29, 1.82) is 0 Å². The molecule has 0 N–H and O–H groups in total. The first-order valence-electron chi connectivity index (χ1n) is 7.91. The van der Waals surface area contributed by atoms with Crippen LogP contribution in [0.15, 0.2) is 46.8 Å². The van der Waals surface area contributed by atoms with Crippen molar-refractivity contribution in [3.05, 3.63) is 67.7 Å². The van der Waals surface area contributed by atoms with E-state index < -0.39 is 4.92 Å². The predicted octanol–water partition coefficient (Wildman–Crippen LogP) is 4.73. The largest absolute Gasteiger partial charge is 0.467 e. The molecule has 0 spiro atoms. The van der Waals surface area contributed by atoms with Gasteiger partial charge in [-0.2, -0.15) is 0 Å². The number of fused-ring (bicyclic) bond motifs is 1. The number of nitro benzene ring substituents is 1. The van der Waals surface area contributed by atoms with Gasteiger partial charge in [0, 0.05) is 29.0 Å². The number of non-ortho nitro benzene ring substituents is 1. The van der Waals surface area contributed by atoms with Crippen molar-refractivity contribution >= 4 is 41.0 Å². The summed E-state index contributed by atoms with van der Waals surface area (Å²) in [5.41, 5.74) is 2.37. The molecule has 2 heterocycles. The first-order valence-corrected chi connectivity index (χ1v) is 10.1. The first-order chi connectivity index (χ1) is 13.1. The fourth-order valence-electron chi connectivity index (χ4n) is 2.68. The van der Waals surface area contributed by atoms with Gasteiger partial charge in [-0.25, -0.2) is 4.68 Å². The molecule has 1 aliphatic heterocycles. The lowest BCUT2D eigenvalue weighted by atomic mass is 10.1. The molecule has 3 aromatic rings. The number of aromatic nitrogens is 2. The van der Waals surface area contributed by atoms with Crippen molar-refractivity contribution < 1.29 is 14.4 Å². The molecule has 0 amide bonds. The molecule has 10 heteroatoms. The molecule has 0 bridgehead atoms. The maximum absolute atomic E-state index is 11.2. The number of para-hydroxylation sites is 1. The summed E-state index contributed by atoms with van der Waals surface area (Å²) in [7, 11) is 0. The lowest BCUT2D eigenvalue weighted by Gasteiger charge is -2.20. The molecule has 0 aliphatic carbocycles. The van der Waals surface area contributed by atoms with Crippen molar-refractivity contribution in [2.24, 2.45) is 0 Å². The van der Waals surface area contributed by atoms with Crippen LogP contribution in [0.1, 0.15) is 11.1 Å². The third kappa shape index (κ3) is 3.88. The molecule has 4 rings (SSSR count). The average molecular weight is 420 g/mol. The highest BCUT2D eigenvalue weighted by Crippen LogP contribution is 2.37. The molecule has 0 atom stereocenters. The molecular weight excluding hydrogens is 406 g/mol. The number of nitro groups is 1. The molecule has 0 saturated heterocycles. The molecule has 138 valence electrons. The Morgan fingerprint density at radius 2 is 2.15 bits per heavy atom. The second-order valence-corrected chi connectivity index (χ2v) is 8.48. The Balaban J connectivity index is 1.60. The minimum atomic E-state index is -0.406. The monoisotopic (exact) mass is 419 g/mol. The van der Waals surface area contributed by atoms with Gasteiger partial charge < -0.3 is 9.47 Å². The van der Waals surface area contributed by atoms with Crippen LogP contribution in [0.2, 0.25) is 0 Å². The van der Waals surface area contributed by atoms with Gasteiger partial charge in [-0.15, -0.1) is 5.10 Å². The third-order valence-electron chi connectivity index (χ3n) is 3.86. The van der Waals surface area contributed by atoms with Crippen LogP contribution in [0.25, 0.3) is 5.69 Å². The van der Waals surface area contributed by atoms with Gasteiger partial charge in [-0.05, 0) is 24.4 Å². The van der Waals surface area contributed by atoms with Gasteiger partial charge in [0.25, 0.3) is 5.69 Å². The fraction of sp³-hybridized carbons (Fsp3) is 0.176. The third-order valence-corrected chi connectivity index (χ3v) is 6.28. The lowest BCUT2D eigenvalue weighted by molar-refractivity contribution is -0.385. The second-order valence-electron chi connectivity index (χ2n) is 5.63. The summed E-state index contributed by atoms with van der Waals surface area (Å²) in [4.78, 5) is 10.8. The van der Waals surface area contributed by atoms with E-state index in [0.29, 0.717) is 27.6 Å². The van der Waals surface area contributed by atoms with Crippen molar-refractivity contribution in [1.82, 2.24) is 9.78 Å². The summed E-state index contributed by atoms with van der Waals surface area (Å²) in [6.07, 6.45) is 0. The normalized spacial score (nSPS) is 13.0. The Morgan fingerprint density at radius 3 is 2.93 bits per heavy atom. The minimum Gasteiger partial charge on any atom is -0.467 e. The SMILES string of the molecule is O=[N+]([O-])c1cc2c(c(CSc3nn(-c4ccccc4)c(=S)s3)c1)OCOC2. The summed E-state index contributed by atoms with van der Waals surface area (Å²) in [6, 6.07) is 12.7. The van der Waals surface area contributed by atoms with Crippen LogP contribution in [0, 0.1) is 14.1 Å². The number of nitrogens with zero attached hydrogens (tertiary/aromatic N) is 3. The van der Waals surface area contributed by atoms with Gasteiger partial charge in [0.05, 0.1) is 17.2 Å². The molecule has 27 heavy (non-hydrogen) atoms. The number of thioether (sulfide) groups is 1. The maximum atomic E-state index is 11.2. The van der Waals surface area contributed by atoms with Crippen LogP contribution in [-0.4, -0.2) is 21.5 Å². The zero-order chi connectivity index (χ0) is 18.8. The lowest BCUT2D eigenvalue weighted by Crippen LogP contribution is -2.13. The van der Waals surface area contributed by atoms with Crippen LogP contribution >= 0.6 is 35.3 Å². The minimum absolute atomic E-state index is 0.0286. The van der Waals surface area contributed by atoms with E-state index in [1.54, 1.807) is 10.7 Å². The van der Waals surface area contributed by atoms with Crippen molar-refractivity contribution in [3.8, 4) is 11.4 Å². The second kappa shape index (κ2) is 7.77. The van der Waals surface area contributed by atoms with Crippen LogP contribution < -0.4 is 4.74 Å². The number of hydrogen-bond donors (Lipinski definition) is 0. The Labute approximate surface area is 167 Å². The van der Waals surface area contributed by atoms with Crippen LogP contribution in [0.4, 0.5) is 5.69 Å². The van der Waals surface area contributed by atoms with Crippen LogP contribution in [-0.2, 0) is 17.1 Å². The van der Waals surface area contributed by atoms with E-state index in [0.717, 1.165) is 15.6 Å². The Morgan fingerprint density at radius 1 is 1.33 bits per heavy atom. The summed E-state index contributed by atoms with van der Waals surface area (Å²) in [5, 5.41) is 15.8. The average Bonchev–Trinajstić information content (AvgIpc) is 3.07. The molecule has 0 saturated carbocycles. The van der Waals surface area contributed by atoms with E-state index in [9.17, 15) is 10.1 Å². The van der Waals surface area contributed by atoms with Gasteiger partial charge in [-0.3, -0.25) is 10.1 Å². The molecule has 0 unspecified atom stereocenters. The maximum Gasteiger partial charge on any atom is 0.270 e. The smallest absolute Gasteiger partial charge is 0.270 e. The van der Waals surface area contributed by atoms with Crippen molar-refractivity contribution in [2.45, 2.75) is 16.7 Å². The number of benzene rings is 2. The standard InChI is InChI=1S/C17H13N3O4S3/c21-20(22)14-6-11-8-23-10-24-15(11)12(7-14)9-26-16-18-19(17(25)27-16)13-4-2-1-3-5-13/h1-7H,8-10H2. The highest BCUT2D eigenvalue weighted by molar-refractivity contribution is 8.00. The van der Waals surface area contributed by atoms with Gasteiger partial charge in [0.1, 0.15) is 5.75 Å². The van der Waals surface area contributed by atoms with Gasteiger partial charge in [0.2, 0.25) is 0 Å². The zero-order valence-electron chi connectivity index (χ0n) is 13.9. The van der Waals surface area contributed by atoms with Crippen molar-refractivity contribution in [3.63, 3.8) is 0 Å². The Bertz CT molecular complexity index is 1050.